The van der Waals surface area contributed by atoms with Crippen LogP contribution in [0, 0.1) is 0 Å². The van der Waals surface area contributed by atoms with Gasteiger partial charge in [-0.15, -0.1) is 11.3 Å². The van der Waals surface area contributed by atoms with E-state index in [2.05, 4.69) is 29.4 Å². The van der Waals surface area contributed by atoms with Crippen molar-refractivity contribution in [2.24, 2.45) is 0 Å². The first-order valence-electron chi connectivity index (χ1n) is 7.40. The number of hydrogen-bond donors (Lipinski definition) is 1. The highest BCUT2D eigenvalue weighted by Gasteiger charge is 2.25. The van der Waals surface area contributed by atoms with Crippen molar-refractivity contribution in [1.29, 1.82) is 0 Å². The fourth-order valence-corrected chi connectivity index (χ4v) is 3.11. The van der Waals surface area contributed by atoms with Crippen LogP contribution >= 0.6 is 11.3 Å². The molecule has 0 aromatic carbocycles. The van der Waals surface area contributed by atoms with Gasteiger partial charge in [0.05, 0.1) is 13.2 Å². The summed E-state index contributed by atoms with van der Waals surface area (Å²) in [7, 11) is 2.20. The van der Waals surface area contributed by atoms with Crippen LogP contribution < -0.4 is 5.32 Å². The van der Waals surface area contributed by atoms with Crippen LogP contribution in [0.3, 0.4) is 0 Å². The van der Waals surface area contributed by atoms with Crippen LogP contribution in [-0.2, 0) is 17.9 Å². The Hall–Kier alpha value is -0.420. The van der Waals surface area contributed by atoms with Crippen LogP contribution in [0.4, 0.5) is 0 Å². The Morgan fingerprint density at radius 2 is 2.05 bits per heavy atom. The Kier molecular flexibility index (Phi) is 4.53. The number of likely N-dealkylation sites (N-methyl/N-ethyl adjacent to an activating group) is 1. The molecule has 0 atom stereocenters. The zero-order chi connectivity index (χ0) is 13.1. The van der Waals surface area contributed by atoms with Gasteiger partial charge in [0.2, 0.25) is 0 Å². The summed E-state index contributed by atoms with van der Waals surface area (Å²) in [6, 6.07) is 6.07. The summed E-state index contributed by atoms with van der Waals surface area (Å²) in [5, 5.41) is 3.55. The van der Waals surface area contributed by atoms with E-state index >= 15 is 0 Å². The summed E-state index contributed by atoms with van der Waals surface area (Å²) in [4.78, 5) is 5.20. The zero-order valence-electron chi connectivity index (χ0n) is 11.7. The third-order valence-corrected chi connectivity index (χ3v) is 4.92. The highest BCUT2D eigenvalue weighted by Crippen LogP contribution is 2.25. The molecule has 19 heavy (non-hydrogen) atoms. The van der Waals surface area contributed by atoms with Crippen molar-refractivity contribution in [2.75, 3.05) is 20.2 Å². The molecule has 1 aromatic rings. The largest absolute Gasteiger partial charge is 0.375 e. The van der Waals surface area contributed by atoms with Crippen LogP contribution in [0.15, 0.2) is 12.1 Å². The maximum absolute atomic E-state index is 5.77. The lowest BCUT2D eigenvalue weighted by atomic mass is 10.4. The lowest BCUT2D eigenvalue weighted by Crippen LogP contribution is -2.25. The molecule has 2 aliphatic rings. The minimum absolute atomic E-state index is 0.770. The molecule has 1 aromatic heterocycles. The number of rotatable bonds is 9. The van der Waals surface area contributed by atoms with E-state index in [1.807, 2.05) is 11.3 Å². The van der Waals surface area contributed by atoms with E-state index in [0.717, 1.165) is 38.4 Å². The van der Waals surface area contributed by atoms with Gasteiger partial charge in [0.15, 0.2) is 0 Å². The van der Waals surface area contributed by atoms with Gasteiger partial charge < -0.3 is 15.0 Å². The van der Waals surface area contributed by atoms with E-state index in [9.17, 15) is 0 Å². The quantitative estimate of drug-likeness (QED) is 0.704. The SMILES string of the molecule is CN(CCOCc1ccc(CNC2CC2)s1)C1CC1. The van der Waals surface area contributed by atoms with Crippen LogP contribution in [0.1, 0.15) is 35.4 Å². The van der Waals surface area contributed by atoms with Crippen molar-refractivity contribution in [3.05, 3.63) is 21.9 Å². The fraction of sp³-hybridized carbons (Fsp3) is 0.733. The second-order valence-corrected chi connectivity index (χ2v) is 7.04. The zero-order valence-corrected chi connectivity index (χ0v) is 12.5. The molecule has 0 amide bonds. The molecule has 2 fully saturated rings. The van der Waals surface area contributed by atoms with Crippen LogP contribution in [-0.4, -0.2) is 37.2 Å². The molecule has 2 aliphatic carbocycles. The lowest BCUT2D eigenvalue weighted by Gasteiger charge is -2.14. The molecule has 0 saturated heterocycles. The summed E-state index contributed by atoms with van der Waals surface area (Å²) in [6.07, 6.45) is 5.46. The van der Waals surface area contributed by atoms with Crippen molar-refractivity contribution in [1.82, 2.24) is 10.2 Å². The summed E-state index contributed by atoms with van der Waals surface area (Å²) < 4.78 is 5.77. The van der Waals surface area contributed by atoms with E-state index in [4.69, 9.17) is 4.74 Å². The third kappa shape index (κ3) is 4.56. The van der Waals surface area contributed by atoms with Gasteiger partial charge in [-0.3, -0.25) is 0 Å². The smallest absolute Gasteiger partial charge is 0.0810 e. The van der Waals surface area contributed by atoms with Gasteiger partial charge in [-0.25, -0.2) is 0 Å². The molecule has 0 bridgehead atoms. The first kappa shape index (κ1) is 13.6. The van der Waals surface area contributed by atoms with Crippen LogP contribution in [0.5, 0.6) is 0 Å². The van der Waals surface area contributed by atoms with Gasteiger partial charge in [0, 0.05) is 34.9 Å². The third-order valence-electron chi connectivity index (χ3n) is 3.86. The monoisotopic (exact) mass is 280 g/mol. The van der Waals surface area contributed by atoms with Crippen molar-refractivity contribution in [2.45, 2.75) is 50.9 Å². The molecule has 0 radical (unpaired) electrons. The highest BCUT2D eigenvalue weighted by atomic mass is 32.1. The first-order chi connectivity index (χ1) is 9.31. The predicted octanol–water partition coefficient (Wildman–Crippen LogP) is 2.61. The highest BCUT2D eigenvalue weighted by molar-refractivity contribution is 7.11. The van der Waals surface area contributed by atoms with E-state index in [-0.39, 0.29) is 0 Å². The Bertz CT molecular complexity index is 399. The van der Waals surface area contributed by atoms with Crippen molar-refractivity contribution in [3.63, 3.8) is 0 Å². The Morgan fingerprint density at radius 1 is 1.26 bits per heavy atom. The molecule has 3 nitrogen and oxygen atoms in total. The minimum atomic E-state index is 0.770. The first-order valence-corrected chi connectivity index (χ1v) is 8.22. The Labute approximate surface area is 119 Å². The average molecular weight is 280 g/mol. The van der Waals surface area contributed by atoms with Crippen LogP contribution in [0.2, 0.25) is 0 Å². The molecule has 106 valence electrons. The van der Waals surface area contributed by atoms with E-state index in [1.165, 1.54) is 35.4 Å². The number of nitrogens with one attached hydrogen (secondary N) is 1. The molecule has 0 spiro atoms. The molecule has 0 aliphatic heterocycles. The maximum atomic E-state index is 5.77. The van der Waals surface area contributed by atoms with Gasteiger partial charge in [0.1, 0.15) is 0 Å². The maximum Gasteiger partial charge on any atom is 0.0810 e. The van der Waals surface area contributed by atoms with E-state index in [0.29, 0.717) is 0 Å². The molecule has 0 unspecified atom stereocenters. The normalized spacial score (nSPS) is 19.3. The molecular formula is C15H24N2OS. The molecule has 3 rings (SSSR count). The van der Waals surface area contributed by atoms with Gasteiger partial charge in [-0.1, -0.05) is 0 Å². The van der Waals surface area contributed by atoms with Gasteiger partial charge in [0.25, 0.3) is 0 Å². The molecule has 4 heteroatoms. The Balaban J connectivity index is 1.30. The average Bonchev–Trinajstić information content (AvgIpc) is 3.31. The number of nitrogens with zero attached hydrogens (tertiary/aromatic N) is 1. The van der Waals surface area contributed by atoms with Crippen molar-refractivity contribution < 1.29 is 4.74 Å². The fourth-order valence-electron chi connectivity index (χ4n) is 2.21. The number of thiophene rings is 1. The molecule has 2 saturated carbocycles. The van der Waals surface area contributed by atoms with Gasteiger partial charge in [-0.05, 0) is 44.9 Å². The van der Waals surface area contributed by atoms with Gasteiger partial charge >= 0.3 is 0 Å². The Morgan fingerprint density at radius 3 is 2.79 bits per heavy atom. The lowest BCUT2D eigenvalue weighted by molar-refractivity contribution is 0.0995. The van der Waals surface area contributed by atoms with Crippen molar-refractivity contribution in [3.8, 4) is 0 Å². The molecule has 1 heterocycles. The molecule has 1 N–H and O–H groups in total. The number of hydrogen-bond acceptors (Lipinski definition) is 4. The van der Waals surface area contributed by atoms with Crippen LogP contribution in [0.25, 0.3) is 0 Å². The second-order valence-electron chi connectivity index (χ2n) is 5.79. The summed E-state index contributed by atoms with van der Waals surface area (Å²) in [6.45, 7) is 3.71. The summed E-state index contributed by atoms with van der Waals surface area (Å²) in [5.41, 5.74) is 0. The summed E-state index contributed by atoms with van der Waals surface area (Å²) in [5.74, 6) is 0. The summed E-state index contributed by atoms with van der Waals surface area (Å²) >= 11 is 1.88. The van der Waals surface area contributed by atoms with E-state index < -0.39 is 0 Å². The molecular weight excluding hydrogens is 256 g/mol. The van der Waals surface area contributed by atoms with E-state index in [1.54, 1.807) is 0 Å². The van der Waals surface area contributed by atoms with Crippen molar-refractivity contribution >= 4 is 11.3 Å². The second kappa shape index (κ2) is 6.35. The number of ether oxygens (including phenoxy) is 1. The predicted molar refractivity (Wildman–Crippen MR) is 79.5 cm³/mol. The van der Waals surface area contributed by atoms with Gasteiger partial charge in [-0.2, -0.15) is 0 Å². The minimum Gasteiger partial charge on any atom is -0.375 e. The standard InChI is InChI=1S/C15H24N2OS/c1-17(13-4-5-13)8-9-18-11-15-7-6-14(19-15)10-16-12-2-3-12/h6-7,12-13,16H,2-5,8-11H2,1H3. The topological polar surface area (TPSA) is 24.5 Å².